The highest BCUT2D eigenvalue weighted by Crippen LogP contribution is 2.43. The second-order valence-corrected chi connectivity index (χ2v) is 46.4. The van der Waals surface area contributed by atoms with Crippen LogP contribution >= 0.6 is 87.2 Å². The standard InChI is InChI=1S/C64H134O12S8Si4/c1-13-65-85(66-14-2,67-15-3)53-37-47-77-81-51-45-61-55-59(39-33-29-25-27-31-35-41-63(61)57-83-87(71-19-7,72-20-8)73-21-9)43-49-79-80-50-44-60-40-34-30-26-28-32-36-42-64(58-84-88(74-22-10,75-23-11)76-24-12)62(56-60)46-52-82-78-48-38-54-86(68-16-4,69-17-5)70-18-6/h59-64H,13-58H2,1-12H3. The first-order valence-electron chi connectivity index (χ1n) is 35.7. The molecule has 2 fully saturated rings. The van der Waals surface area contributed by atoms with Crippen LogP contribution in [-0.4, -0.2) is 159 Å². The highest BCUT2D eigenvalue weighted by atomic mass is 33.1. The van der Waals surface area contributed by atoms with Crippen LogP contribution in [0.5, 0.6) is 0 Å². The molecule has 2 aliphatic carbocycles. The molecule has 24 heteroatoms. The summed E-state index contributed by atoms with van der Waals surface area (Å²) in [5, 5.41) is 0. The van der Waals surface area contributed by atoms with E-state index >= 15 is 0 Å². The van der Waals surface area contributed by atoms with Crippen molar-refractivity contribution in [2.24, 2.45) is 35.5 Å². The van der Waals surface area contributed by atoms with Crippen LogP contribution in [0, 0.1) is 35.5 Å². The molecule has 0 heterocycles. The van der Waals surface area contributed by atoms with E-state index in [1.54, 1.807) is 0 Å². The zero-order chi connectivity index (χ0) is 64.1. The van der Waals surface area contributed by atoms with Crippen LogP contribution in [0.2, 0.25) is 12.1 Å². The second-order valence-electron chi connectivity index (χ2n) is 23.1. The summed E-state index contributed by atoms with van der Waals surface area (Å²) in [7, 11) is 1.69. The van der Waals surface area contributed by atoms with Gasteiger partial charge in [0.05, 0.1) is 0 Å². The van der Waals surface area contributed by atoms with E-state index in [-0.39, 0.29) is 0 Å². The minimum atomic E-state index is -2.84. The van der Waals surface area contributed by atoms with Crippen molar-refractivity contribution in [3.8, 4) is 0 Å². The summed E-state index contributed by atoms with van der Waals surface area (Å²) in [6.07, 6.45) is 31.6. The summed E-state index contributed by atoms with van der Waals surface area (Å²) in [5.41, 5.74) is 0. The summed E-state index contributed by atoms with van der Waals surface area (Å²) >= 11 is 3.83. The number of hydrogen-bond acceptors (Lipinski definition) is 20. The lowest BCUT2D eigenvalue weighted by molar-refractivity contribution is 0.0704. The van der Waals surface area contributed by atoms with Gasteiger partial charge >= 0.3 is 33.5 Å². The number of rotatable bonds is 53. The molecule has 6 unspecified atom stereocenters. The van der Waals surface area contributed by atoms with Crippen LogP contribution in [0.4, 0.5) is 0 Å². The summed E-state index contributed by atoms with van der Waals surface area (Å²) in [6.45, 7) is 32.4. The van der Waals surface area contributed by atoms with E-state index in [1.165, 1.54) is 164 Å². The fourth-order valence-corrected chi connectivity index (χ4v) is 36.1. The monoisotopic (exact) mass is 1460 g/mol. The molecular weight excluding hydrogens is 1330 g/mol. The molecule has 88 heavy (non-hydrogen) atoms. The van der Waals surface area contributed by atoms with Gasteiger partial charge in [0.1, 0.15) is 0 Å². The first-order valence-corrected chi connectivity index (χ1v) is 53.9. The molecule has 2 aliphatic rings. The molecule has 0 N–H and O–H groups in total. The molecule has 12 nitrogen and oxygen atoms in total. The summed E-state index contributed by atoms with van der Waals surface area (Å²) < 4.78 is 75.9. The minimum absolute atomic E-state index is 0.620. The van der Waals surface area contributed by atoms with Gasteiger partial charge in [0.15, 0.2) is 0 Å². The Bertz CT molecular complexity index is 1380. The van der Waals surface area contributed by atoms with E-state index in [4.69, 9.17) is 53.1 Å². The summed E-state index contributed by atoms with van der Waals surface area (Å²) in [5.74, 6) is 13.2. The zero-order valence-corrected chi connectivity index (χ0v) is 68.7. The third-order valence-corrected chi connectivity index (χ3v) is 41.4. The predicted octanol–water partition coefficient (Wildman–Crippen LogP) is 20.9. The first-order chi connectivity index (χ1) is 43.0. The van der Waals surface area contributed by atoms with Gasteiger partial charge in [0.2, 0.25) is 0 Å². The van der Waals surface area contributed by atoms with Gasteiger partial charge in [0.25, 0.3) is 0 Å². The van der Waals surface area contributed by atoms with Gasteiger partial charge in [-0.05, 0) is 194 Å². The Hall–Kier alpha value is 3.19. The quantitative estimate of drug-likeness (QED) is 0.0327. The van der Waals surface area contributed by atoms with Crippen molar-refractivity contribution < 1.29 is 53.1 Å². The Morgan fingerprint density at radius 1 is 0.273 bits per heavy atom. The Morgan fingerprint density at radius 2 is 0.523 bits per heavy atom. The van der Waals surface area contributed by atoms with Gasteiger partial charge < -0.3 is 53.1 Å². The molecule has 0 bridgehead atoms. The van der Waals surface area contributed by atoms with Crippen molar-refractivity contribution in [2.75, 3.05) is 125 Å². The first kappa shape index (κ1) is 87.3. The Balaban J connectivity index is 2.30. The molecule has 0 saturated heterocycles. The summed E-state index contributed by atoms with van der Waals surface area (Å²) in [6, 6.07) is 1.77. The van der Waals surface area contributed by atoms with Gasteiger partial charge in [-0.1, -0.05) is 177 Å². The molecule has 0 radical (unpaired) electrons. The molecule has 0 aromatic carbocycles. The molecule has 0 spiro atoms. The van der Waals surface area contributed by atoms with Crippen LogP contribution < -0.4 is 0 Å². The topological polar surface area (TPSA) is 111 Å². The maximum Gasteiger partial charge on any atom is 0.573 e. The lowest BCUT2D eigenvalue weighted by atomic mass is 9.78. The average molecular weight is 1460 g/mol. The van der Waals surface area contributed by atoms with Crippen molar-refractivity contribution in [3.63, 3.8) is 0 Å². The lowest BCUT2D eigenvalue weighted by Crippen LogP contribution is -2.46. The van der Waals surface area contributed by atoms with Crippen LogP contribution in [0.25, 0.3) is 0 Å². The van der Waals surface area contributed by atoms with E-state index < -0.39 is 33.5 Å². The highest BCUT2D eigenvalue weighted by molar-refractivity contribution is 8.77. The second kappa shape index (κ2) is 58.0. The van der Waals surface area contributed by atoms with Gasteiger partial charge in [-0.25, -0.2) is 0 Å². The van der Waals surface area contributed by atoms with E-state index in [0.717, 1.165) is 59.8 Å². The smallest absolute Gasteiger partial charge is 0.374 e. The van der Waals surface area contributed by atoms with E-state index in [1.807, 2.05) is 44.0 Å². The molecule has 2 saturated carbocycles. The average Bonchev–Trinajstić information content (AvgIpc) is 3.71. The summed E-state index contributed by atoms with van der Waals surface area (Å²) in [4.78, 5) is 0. The van der Waals surface area contributed by atoms with Crippen molar-refractivity contribution in [1.82, 2.24) is 0 Å². The highest BCUT2D eigenvalue weighted by Gasteiger charge is 2.45. The molecule has 0 aromatic heterocycles. The minimum Gasteiger partial charge on any atom is -0.374 e. The fraction of sp³-hybridized carbons (Fsp3) is 1.00. The Kier molecular flexibility index (Phi) is 57.5. The van der Waals surface area contributed by atoms with Crippen LogP contribution in [0.15, 0.2) is 0 Å². The molecule has 526 valence electrons. The van der Waals surface area contributed by atoms with E-state index in [2.05, 4.69) is 126 Å². The van der Waals surface area contributed by atoms with E-state index in [9.17, 15) is 0 Å². The molecule has 6 atom stereocenters. The maximum absolute atomic E-state index is 6.46. The van der Waals surface area contributed by atoms with Crippen molar-refractivity contribution in [2.45, 2.75) is 249 Å². The van der Waals surface area contributed by atoms with Crippen LogP contribution in [-0.2, 0) is 53.1 Å². The van der Waals surface area contributed by atoms with Gasteiger partial charge in [0, 0.05) is 126 Å². The SMILES string of the molecule is CCO[Si](CCCSSCCC1CC(CCSSCCC2CCCCCCCCC(CS[Si](OCC)(OCC)OCC)C(CCSSCCC[Si](OCC)(OCC)OCC)C2)CCCCCCCCC1CS[Si](OCC)(OCC)OCC)(OCC)OCC. The molecule has 0 aromatic rings. The number of hydrogen-bond donors (Lipinski definition) is 0. The van der Waals surface area contributed by atoms with Crippen molar-refractivity contribution in [1.29, 1.82) is 0 Å². The molecule has 2 rings (SSSR count). The van der Waals surface area contributed by atoms with Gasteiger partial charge in [-0.2, -0.15) is 0 Å². The molecular formula is C64H134O12S8Si4. The largest absolute Gasteiger partial charge is 0.573 e. The van der Waals surface area contributed by atoms with Gasteiger partial charge in [-0.15, -0.1) is 0 Å². The third-order valence-electron chi connectivity index (χ3n) is 16.6. The van der Waals surface area contributed by atoms with Crippen molar-refractivity contribution >= 4 is 121 Å². The third kappa shape index (κ3) is 39.7. The Morgan fingerprint density at radius 3 is 0.807 bits per heavy atom. The normalized spacial score (nSPS) is 21.4. The molecule has 0 amide bonds. The van der Waals surface area contributed by atoms with Crippen LogP contribution in [0.1, 0.15) is 237 Å². The lowest BCUT2D eigenvalue weighted by Gasteiger charge is -2.34. The molecule has 0 aliphatic heterocycles. The predicted molar refractivity (Wildman–Crippen MR) is 404 cm³/mol. The fourth-order valence-electron chi connectivity index (χ4n) is 12.6. The van der Waals surface area contributed by atoms with Crippen molar-refractivity contribution in [3.05, 3.63) is 0 Å². The zero-order valence-electron chi connectivity index (χ0n) is 58.2. The Labute approximate surface area is 579 Å². The maximum atomic E-state index is 6.46. The van der Waals surface area contributed by atoms with Crippen LogP contribution in [0.3, 0.4) is 0 Å². The van der Waals surface area contributed by atoms with E-state index in [0.29, 0.717) is 103 Å². The van der Waals surface area contributed by atoms with Gasteiger partial charge in [-0.3, -0.25) is 0 Å².